The SMILES string of the molecule is CCSc1nc2n(n1)[C@H](c1cc(OC)c(OC)cc1OC)C1=C(CCCC1=O)N2. The number of hydrogen-bond donors (Lipinski definition) is 1. The molecule has 0 spiro atoms. The molecule has 1 N–H and O–H groups in total. The van der Waals surface area contributed by atoms with Crippen molar-refractivity contribution in [2.45, 2.75) is 37.4 Å². The summed E-state index contributed by atoms with van der Waals surface area (Å²) in [6, 6.07) is 3.20. The van der Waals surface area contributed by atoms with E-state index in [1.54, 1.807) is 43.8 Å². The first-order valence-electron chi connectivity index (χ1n) is 9.53. The number of ether oxygens (including phenoxy) is 3. The molecule has 1 atom stereocenters. The van der Waals surface area contributed by atoms with Gasteiger partial charge in [0.15, 0.2) is 17.3 Å². The number of methoxy groups -OCH3 is 3. The number of fused-ring (bicyclic) bond motifs is 1. The average molecular weight is 417 g/mol. The summed E-state index contributed by atoms with van der Waals surface area (Å²) in [5.41, 5.74) is 2.41. The van der Waals surface area contributed by atoms with E-state index in [0.717, 1.165) is 29.9 Å². The fourth-order valence-electron chi connectivity index (χ4n) is 3.88. The highest BCUT2D eigenvalue weighted by molar-refractivity contribution is 7.99. The van der Waals surface area contributed by atoms with Crippen LogP contribution in [0.4, 0.5) is 5.95 Å². The number of carbonyl (C=O) groups is 1. The van der Waals surface area contributed by atoms with Crippen molar-refractivity contribution in [1.82, 2.24) is 14.8 Å². The number of nitrogens with zero attached hydrogens (tertiary/aromatic N) is 3. The molecule has 1 aliphatic heterocycles. The number of benzene rings is 1. The Kier molecular flexibility index (Phi) is 5.40. The van der Waals surface area contributed by atoms with Crippen molar-refractivity contribution in [3.8, 4) is 17.2 Å². The monoisotopic (exact) mass is 416 g/mol. The zero-order valence-electron chi connectivity index (χ0n) is 16.9. The highest BCUT2D eigenvalue weighted by Crippen LogP contribution is 2.46. The summed E-state index contributed by atoms with van der Waals surface area (Å²) in [7, 11) is 4.77. The molecule has 0 bridgehead atoms. The van der Waals surface area contributed by atoms with Crippen LogP contribution in [0.2, 0.25) is 0 Å². The van der Waals surface area contributed by atoms with Crippen molar-refractivity contribution < 1.29 is 19.0 Å². The molecule has 0 saturated carbocycles. The molecule has 2 heterocycles. The van der Waals surface area contributed by atoms with E-state index in [2.05, 4.69) is 22.3 Å². The van der Waals surface area contributed by atoms with Crippen LogP contribution in [-0.2, 0) is 4.79 Å². The van der Waals surface area contributed by atoms with E-state index in [0.29, 0.717) is 40.3 Å². The second kappa shape index (κ2) is 7.98. The van der Waals surface area contributed by atoms with Gasteiger partial charge in [-0.25, -0.2) is 4.68 Å². The van der Waals surface area contributed by atoms with Crippen LogP contribution in [0.1, 0.15) is 37.8 Å². The number of nitrogens with one attached hydrogen (secondary N) is 1. The van der Waals surface area contributed by atoms with E-state index in [4.69, 9.17) is 14.2 Å². The number of hydrogen-bond acceptors (Lipinski definition) is 8. The summed E-state index contributed by atoms with van der Waals surface area (Å²) in [4.78, 5) is 17.6. The molecule has 29 heavy (non-hydrogen) atoms. The number of aromatic nitrogens is 3. The molecule has 4 rings (SSSR count). The fourth-order valence-corrected chi connectivity index (χ4v) is 4.44. The van der Waals surface area contributed by atoms with Crippen molar-refractivity contribution >= 4 is 23.5 Å². The number of carbonyl (C=O) groups excluding carboxylic acids is 1. The van der Waals surface area contributed by atoms with Crippen molar-refractivity contribution in [1.29, 1.82) is 0 Å². The third kappa shape index (κ3) is 3.33. The van der Waals surface area contributed by atoms with Gasteiger partial charge in [0.25, 0.3) is 0 Å². The van der Waals surface area contributed by atoms with Crippen LogP contribution in [0.5, 0.6) is 17.2 Å². The summed E-state index contributed by atoms with van der Waals surface area (Å²) in [5, 5.41) is 8.70. The molecule has 0 radical (unpaired) electrons. The van der Waals surface area contributed by atoms with Gasteiger partial charge in [-0.2, -0.15) is 4.98 Å². The van der Waals surface area contributed by atoms with Crippen molar-refractivity contribution in [3.05, 3.63) is 29.0 Å². The van der Waals surface area contributed by atoms with Gasteiger partial charge >= 0.3 is 0 Å². The van der Waals surface area contributed by atoms with E-state index in [1.165, 1.54) is 0 Å². The number of rotatable bonds is 6. The molecular formula is C20H24N4O4S. The van der Waals surface area contributed by atoms with Crippen LogP contribution in [0.3, 0.4) is 0 Å². The van der Waals surface area contributed by atoms with Crippen LogP contribution in [0.15, 0.2) is 28.6 Å². The molecule has 154 valence electrons. The van der Waals surface area contributed by atoms with E-state index in [9.17, 15) is 4.79 Å². The van der Waals surface area contributed by atoms with Crippen LogP contribution in [0.25, 0.3) is 0 Å². The minimum Gasteiger partial charge on any atom is -0.496 e. The van der Waals surface area contributed by atoms with Gasteiger partial charge in [-0.15, -0.1) is 5.10 Å². The molecule has 1 aromatic heterocycles. The Bertz CT molecular complexity index is 985. The lowest BCUT2D eigenvalue weighted by molar-refractivity contribution is -0.116. The number of ketones is 1. The first-order valence-corrected chi connectivity index (χ1v) is 10.5. The van der Waals surface area contributed by atoms with Crippen LogP contribution in [0, 0.1) is 0 Å². The zero-order chi connectivity index (χ0) is 20.5. The number of Topliss-reactive ketones (excluding diaryl/α,β-unsaturated/α-hetero) is 1. The first-order chi connectivity index (χ1) is 14.1. The molecule has 1 aromatic carbocycles. The normalized spacial score (nSPS) is 18.1. The van der Waals surface area contributed by atoms with E-state index in [-0.39, 0.29) is 5.78 Å². The summed E-state index contributed by atoms with van der Waals surface area (Å²) in [6.07, 6.45) is 2.15. The third-order valence-electron chi connectivity index (χ3n) is 5.15. The van der Waals surface area contributed by atoms with E-state index in [1.807, 2.05) is 6.07 Å². The summed E-state index contributed by atoms with van der Waals surface area (Å²) in [5.74, 6) is 3.35. The highest BCUT2D eigenvalue weighted by atomic mass is 32.2. The van der Waals surface area contributed by atoms with E-state index < -0.39 is 6.04 Å². The lowest BCUT2D eigenvalue weighted by Gasteiger charge is -2.33. The Morgan fingerprint density at radius 2 is 1.86 bits per heavy atom. The smallest absolute Gasteiger partial charge is 0.227 e. The zero-order valence-corrected chi connectivity index (χ0v) is 17.8. The Morgan fingerprint density at radius 3 is 2.55 bits per heavy atom. The van der Waals surface area contributed by atoms with Gasteiger partial charge in [0.1, 0.15) is 11.8 Å². The molecule has 2 aliphatic rings. The predicted molar refractivity (Wildman–Crippen MR) is 110 cm³/mol. The minimum absolute atomic E-state index is 0.117. The molecule has 0 fully saturated rings. The number of anilines is 1. The highest BCUT2D eigenvalue weighted by Gasteiger charge is 2.38. The number of allylic oxidation sites excluding steroid dienone is 2. The standard InChI is InChI=1S/C20H24N4O4S/c1-5-29-20-22-19-21-12-7-6-8-13(25)17(12)18(24(19)23-20)11-9-15(27-3)16(28-4)10-14(11)26-2/h9-10,18H,5-8H2,1-4H3,(H,21,22,23)/t18-/m1/s1. The van der Waals surface area contributed by atoms with Gasteiger partial charge in [-0.1, -0.05) is 18.7 Å². The Morgan fingerprint density at radius 1 is 1.14 bits per heavy atom. The van der Waals surface area contributed by atoms with E-state index >= 15 is 0 Å². The lowest BCUT2D eigenvalue weighted by atomic mass is 9.85. The van der Waals surface area contributed by atoms with Gasteiger partial charge in [0, 0.05) is 29.3 Å². The molecule has 1 aliphatic carbocycles. The molecule has 8 nitrogen and oxygen atoms in total. The quantitative estimate of drug-likeness (QED) is 0.717. The maximum atomic E-state index is 13.0. The maximum absolute atomic E-state index is 13.0. The van der Waals surface area contributed by atoms with Gasteiger partial charge in [-0.3, -0.25) is 4.79 Å². The minimum atomic E-state index is -0.442. The van der Waals surface area contributed by atoms with Gasteiger partial charge < -0.3 is 19.5 Å². The van der Waals surface area contributed by atoms with Gasteiger partial charge in [-0.05, 0) is 24.7 Å². The third-order valence-corrected chi connectivity index (χ3v) is 5.87. The fraction of sp³-hybridized carbons (Fsp3) is 0.450. The average Bonchev–Trinajstić information content (AvgIpc) is 3.13. The number of thioether (sulfide) groups is 1. The summed E-state index contributed by atoms with van der Waals surface area (Å²) < 4.78 is 18.4. The maximum Gasteiger partial charge on any atom is 0.227 e. The van der Waals surface area contributed by atoms with Gasteiger partial charge in [0.05, 0.1) is 21.3 Å². The second-order valence-electron chi connectivity index (χ2n) is 6.74. The lowest BCUT2D eigenvalue weighted by Crippen LogP contribution is -2.31. The predicted octanol–water partition coefficient (Wildman–Crippen LogP) is 3.44. The second-order valence-corrected chi connectivity index (χ2v) is 7.97. The molecule has 2 aromatic rings. The molecule has 0 unspecified atom stereocenters. The van der Waals surface area contributed by atoms with Crippen LogP contribution in [-0.4, -0.2) is 47.6 Å². The molecule has 9 heteroatoms. The van der Waals surface area contributed by atoms with Crippen molar-refractivity contribution in [2.24, 2.45) is 0 Å². The van der Waals surface area contributed by atoms with Crippen LogP contribution >= 0.6 is 11.8 Å². The summed E-state index contributed by atoms with van der Waals surface area (Å²) >= 11 is 1.56. The molecule has 0 amide bonds. The van der Waals surface area contributed by atoms with Crippen molar-refractivity contribution in [2.75, 3.05) is 32.4 Å². The Hall–Kier alpha value is -2.68. The van der Waals surface area contributed by atoms with Crippen LogP contribution < -0.4 is 19.5 Å². The topological polar surface area (TPSA) is 87.5 Å². The first kappa shape index (κ1) is 19.6. The van der Waals surface area contributed by atoms with Gasteiger partial charge in [0.2, 0.25) is 11.1 Å². The largest absolute Gasteiger partial charge is 0.496 e. The summed E-state index contributed by atoms with van der Waals surface area (Å²) in [6.45, 7) is 2.06. The Balaban J connectivity index is 1.94. The molecular weight excluding hydrogens is 392 g/mol. The molecule has 0 saturated heterocycles. The van der Waals surface area contributed by atoms with Crippen molar-refractivity contribution in [3.63, 3.8) is 0 Å². The Labute approximate surface area is 173 Å².